The van der Waals surface area contributed by atoms with Crippen LogP contribution in [0.4, 0.5) is 32.0 Å². The van der Waals surface area contributed by atoms with Crippen molar-refractivity contribution in [3.8, 4) is 5.88 Å². The van der Waals surface area contributed by atoms with E-state index in [0.29, 0.717) is 0 Å². The van der Waals surface area contributed by atoms with Crippen molar-refractivity contribution >= 4 is 28.5 Å². The van der Waals surface area contributed by atoms with E-state index in [1.165, 1.54) is 12.1 Å². The summed E-state index contributed by atoms with van der Waals surface area (Å²) in [6, 6.07) is 3.51. The molecule has 0 unspecified atom stereocenters. The fraction of sp³-hybridized carbons (Fsp3) is 0.400. The number of halogens is 6. The lowest BCUT2D eigenvalue weighted by molar-refractivity contribution is -0.245. The normalized spacial score (nSPS) is 24.5. The first kappa shape index (κ1) is 25.0. The summed E-state index contributed by atoms with van der Waals surface area (Å²) in [7, 11) is 0. The number of nitrogens with zero attached hydrogens (tertiary/aromatic N) is 3. The van der Waals surface area contributed by atoms with Gasteiger partial charge >= 0.3 is 12.8 Å². The minimum atomic E-state index is -4.59. The van der Waals surface area contributed by atoms with E-state index in [1.54, 1.807) is 0 Å². The van der Waals surface area contributed by atoms with Crippen molar-refractivity contribution in [3.63, 3.8) is 0 Å². The Labute approximate surface area is 198 Å². The second-order valence-corrected chi connectivity index (χ2v) is 8.77. The number of hydrogen-bond acceptors (Lipinski definition) is 8. The minimum Gasteiger partial charge on any atom is -0.415 e. The van der Waals surface area contributed by atoms with Crippen molar-refractivity contribution < 1.29 is 40.6 Å². The number of nitrogens with one attached hydrogen (secondary N) is 1. The number of alkyl halides is 5. The Hall–Kier alpha value is -3.07. The maximum atomic E-state index is 15.0. The van der Waals surface area contributed by atoms with Crippen LogP contribution in [0.25, 0.3) is 0 Å². The van der Waals surface area contributed by atoms with Crippen molar-refractivity contribution in [2.45, 2.75) is 30.9 Å². The fourth-order valence-electron chi connectivity index (χ4n) is 3.91. The van der Waals surface area contributed by atoms with Crippen LogP contribution in [0, 0.1) is 11.7 Å². The van der Waals surface area contributed by atoms with Crippen molar-refractivity contribution in [3.05, 3.63) is 47.7 Å². The topological polar surface area (TPSA) is 112 Å². The number of hydrogen-bond donors (Lipinski definition) is 2. The third-order valence-corrected chi connectivity index (χ3v) is 6.50. The van der Waals surface area contributed by atoms with E-state index in [0.717, 1.165) is 30.2 Å². The molecule has 0 saturated carbocycles. The van der Waals surface area contributed by atoms with Gasteiger partial charge in [-0.15, -0.1) is 0 Å². The smallest absolute Gasteiger partial charge is 0.414 e. The number of nitrogens with two attached hydrogens (primary N) is 1. The van der Waals surface area contributed by atoms with Crippen molar-refractivity contribution in [1.82, 2.24) is 9.97 Å². The number of fused-ring (bicyclic) bond motifs is 1. The van der Waals surface area contributed by atoms with Crippen LogP contribution in [0.5, 0.6) is 5.88 Å². The van der Waals surface area contributed by atoms with Crippen LogP contribution >= 0.6 is 11.8 Å². The second kappa shape index (κ2) is 9.53. The highest BCUT2D eigenvalue weighted by atomic mass is 32.2. The number of amidine groups is 1. The zero-order valence-electron chi connectivity index (χ0n) is 17.6. The molecular weight excluding hydrogens is 504 g/mol. The molecule has 2 aliphatic rings. The molecule has 0 aliphatic carbocycles. The van der Waals surface area contributed by atoms with Gasteiger partial charge in [0.25, 0.3) is 5.91 Å². The minimum absolute atomic E-state index is 0.0746. The molecule has 0 radical (unpaired) electrons. The predicted molar refractivity (Wildman–Crippen MR) is 113 cm³/mol. The SMILES string of the molecule is NC1=N[C@@]2(c3cc(NC(=O)c4cnc(OC(F)F)cn4)ccc3F)CO[C@@H](C(F)(F)F)C[C@H]2CS1. The summed E-state index contributed by atoms with van der Waals surface area (Å²) in [5.74, 6) is -2.63. The molecule has 35 heavy (non-hydrogen) atoms. The van der Waals surface area contributed by atoms with Gasteiger partial charge in [0.1, 0.15) is 17.1 Å². The molecule has 1 fully saturated rings. The van der Waals surface area contributed by atoms with Gasteiger partial charge in [-0.2, -0.15) is 22.0 Å². The molecule has 2 aliphatic heterocycles. The number of carbonyl (C=O) groups excluding carboxylic acids is 1. The summed E-state index contributed by atoms with van der Waals surface area (Å²) in [5.41, 5.74) is 4.07. The molecule has 1 saturated heterocycles. The quantitative estimate of drug-likeness (QED) is 0.578. The number of anilines is 1. The monoisotopic (exact) mass is 521 g/mol. The fourth-order valence-corrected chi connectivity index (χ4v) is 4.92. The number of benzene rings is 1. The standard InChI is InChI=1S/C20H17F6N5O3S/c21-12-2-1-10(30-16(32)13-5-29-15(6-28-13)34-17(22)23)4-11(12)19-8-33-14(20(24,25)26)3-9(19)7-35-18(27)31-19/h1-2,4-6,9,14,17H,3,7-8H2,(H2,27,31)(H,30,32)/t9-,14+,19-/m0/s1. The van der Waals surface area contributed by atoms with Crippen LogP contribution in [-0.4, -0.2) is 52.3 Å². The van der Waals surface area contributed by atoms with Crippen molar-refractivity contribution in [2.75, 3.05) is 17.7 Å². The average molecular weight is 521 g/mol. The molecule has 2 aromatic rings. The summed E-state index contributed by atoms with van der Waals surface area (Å²) >= 11 is 1.07. The molecule has 0 bridgehead atoms. The van der Waals surface area contributed by atoms with Gasteiger partial charge in [-0.05, 0) is 24.6 Å². The van der Waals surface area contributed by atoms with E-state index in [2.05, 4.69) is 25.0 Å². The van der Waals surface area contributed by atoms with Gasteiger partial charge in [0.05, 0.1) is 19.0 Å². The Morgan fingerprint density at radius 1 is 1.29 bits per heavy atom. The van der Waals surface area contributed by atoms with Crippen LogP contribution < -0.4 is 15.8 Å². The number of aromatic nitrogens is 2. The van der Waals surface area contributed by atoms with Crippen LogP contribution in [0.3, 0.4) is 0 Å². The maximum absolute atomic E-state index is 15.0. The van der Waals surface area contributed by atoms with Gasteiger partial charge < -0.3 is 20.5 Å². The molecule has 3 atom stereocenters. The summed E-state index contributed by atoms with van der Waals surface area (Å²) in [4.78, 5) is 24.1. The molecule has 3 heterocycles. The third kappa shape index (κ3) is 5.29. The van der Waals surface area contributed by atoms with Crippen LogP contribution in [0.15, 0.2) is 35.6 Å². The molecule has 0 spiro atoms. The maximum Gasteiger partial charge on any atom is 0.414 e. The van der Waals surface area contributed by atoms with E-state index in [-0.39, 0.29) is 27.9 Å². The molecule has 1 aromatic heterocycles. The van der Waals surface area contributed by atoms with Crippen molar-refractivity contribution in [1.29, 1.82) is 0 Å². The average Bonchev–Trinajstić information content (AvgIpc) is 2.79. The summed E-state index contributed by atoms with van der Waals surface area (Å²) < 4.78 is 88.4. The van der Waals surface area contributed by atoms with Crippen LogP contribution in [0.1, 0.15) is 22.5 Å². The number of carbonyl (C=O) groups is 1. The van der Waals surface area contributed by atoms with E-state index in [4.69, 9.17) is 10.5 Å². The van der Waals surface area contributed by atoms with Crippen molar-refractivity contribution in [2.24, 2.45) is 16.6 Å². The molecule has 1 aromatic carbocycles. The highest BCUT2D eigenvalue weighted by Gasteiger charge is 2.55. The van der Waals surface area contributed by atoms with E-state index >= 15 is 0 Å². The van der Waals surface area contributed by atoms with Gasteiger partial charge in [0.15, 0.2) is 11.3 Å². The van der Waals surface area contributed by atoms with Gasteiger partial charge in [0.2, 0.25) is 5.88 Å². The Morgan fingerprint density at radius 3 is 2.71 bits per heavy atom. The first-order chi connectivity index (χ1) is 16.5. The van der Waals surface area contributed by atoms with E-state index in [9.17, 15) is 31.1 Å². The van der Waals surface area contributed by atoms with Crippen LogP contribution in [-0.2, 0) is 10.3 Å². The number of rotatable bonds is 5. The largest absolute Gasteiger partial charge is 0.415 e. The Morgan fingerprint density at radius 2 is 2.06 bits per heavy atom. The second-order valence-electron chi connectivity index (χ2n) is 7.73. The predicted octanol–water partition coefficient (Wildman–Crippen LogP) is 3.69. The first-order valence-electron chi connectivity index (χ1n) is 10.0. The zero-order chi connectivity index (χ0) is 25.4. The molecule has 1 amide bonds. The Balaban J connectivity index is 1.61. The van der Waals surface area contributed by atoms with E-state index < -0.39 is 61.0 Å². The lowest BCUT2D eigenvalue weighted by Gasteiger charge is -2.46. The molecule has 188 valence electrons. The number of aliphatic imine (C=N–C) groups is 1. The van der Waals surface area contributed by atoms with Crippen LogP contribution in [0.2, 0.25) is 0 Å². The summed E-state index contributed by atoms with van der Waals surface area (Å²) in [5, 5.41) is 2.53. The van der Waals surface area contributed by atoms with Gasteiger partial charge in [0, 0.05) is 22.9 Å². The zero-order valence-corrected chi connectivity index (χ0v) is 18.4. The number of thioether (sulfide) groups is 1. The first-order valence-corrected chi connectivity index (χ1v) is 11.0. The Kier molecular flexibility index (Phi) is 6.81. The summed E-state index contributed by atoms with van der Waals surface area (Å²) in [6.45, 7) is -3.68. The molecule has 3 N–H and O–H groups in total. The molecule has 15 heteroatoms. The van der Waals surface area contributed by atoms with Gasteiger partial charge in [-0.3, -0.25) is 4.79 Å². The third-order valence-electron chi connectivity index (χ3n) is 5.55. The van der Waals surface area contributed by atoms with Gasteiger partial charge in [-0.1, -0.05) is 11.8 Å². The summed E-state index contributed by atoms with van der Waals surface area (Å²) in [6.07, 6.45) is -5.31. The molecule has 4 rings (SSSR count). The highest BCUT2D eigenvalue weighted by Crippen LogP contribution is 2.49. The Bertz CT molecular complexity index is 1130. The van der Waals surface area contributed by atoms with E-state index in [1.807, 2.05) is 0 Å². The number of ether oxygens (including phenoxy) is 2. The van der Waals surface area contributed by atoms with Gasteiger partial charge in [-0.25, -0.2) is 19.4 Å². The molecular formula is C20H17F6N5O3S. The lowest BCUT2D eigenvalue weighted by atomic mass is 9.74. The lowest BCUT2D eigenvalue weighted by Crippen LogP contribution is -2.53. The molecule has 8 nitrogen and oxygen atoms in total. The number of amides is 1. The highest BCUT2D eigenvalue weighted by molar-refractivity contribution is 8.13.